The Morgan fingerprint density at radius 2 is 1.89 bits per heavy atom. The zero-order valence-electron chi connectivity index (χ0n) is 19.6. The highest BCUT2D eigenvalue weighted by Crippen LogP contribution is 2.38. The zero-order valence-corrected chi connectivity index (χ0v) is 21.2. The van der Waals surface area contributed by atoms with Gasteiger partial charge in [0, 0.05) is 11.3 Å². The van der Waals surface area contributed by atoms with Crippen LogP contribution in [0.1, 0.15) is 35.3 Å². The number of guanidine groups is 1. The van der Waals surface area contributed by atoms with Gasteiger partial charge in [-0.15, -0.1) is 0 Å². The minimum absolute atomic E-state index is 0.131. The van der Waals surface area contributed by atoms with Crippen molar-refractivity contribution < 1.29 is 28.6 Å². The fraction of sp³-hybridized carbons (Fsp3) is 0.304. The summed E-state index contributed by atoms with van der Waals surface area (Å²) in [6.45, 7) is 1.55. The van der Waals surface area contributed by atoms with Gasteiger partial charge >= 0.3 is 5.97 Å². The minimum Gasteiger partial charge on any atom is -0.493 e. The van der Waals surface area contributed by atoms with E-state index in [9.17, 15) is 14.4 Å². The van der Waals surface area contributed by atoms with Crippen molar-refractivity contribution in [3.05, 3.63) is 52.0 Å². The predicted molar refractivity (Wildman–Crippen MR) is 134 cm³/mol. The quantitative estimate of drug-likeness (QED) is 0.162. The van der Waals surface area contributed by atoms with E-state index in [0.717, 1.165) is 0 Å². The molecule has 0 heterocycles. The van der Waals surface area contributed by atoms with Crippen LogP contribution in [-0.4, -0.2) is 51.1 Å². The highest BCUT2D eigenvalue weighted by Gasteiger charge is 2.23. The maximum atomic E-state index is 12.7. The number of nitrogens with two attached hydrogens (primary N) is 1. The maximum Gasteiger partial charge on any atom is 0.308 e. The Morgan fingerprint density at radius 3 is 2.51 bits per heavy atom. The average molecular weight is 550 g/mol. The number of nitrogens with one attached hydrogen (secondary N) is 4. The van der Waals surface area contributed by atoms with Crippen LogP contribution in [0.15, 0.2) is 40.9 Å². The Morgan fingerprint density at radius 1 is 1.14 bits per heavy atom. The number of hydrogen-bond acceptors (Lipinski definition) is 7. The first-order chi connectivity index (χ1) is 16.7. The molecule has 0 radical (unpaired) electrons. The summed E-state index contributed by atoms with van der Waals surface area (Å²) in [6, 6.07) is 8.93. The molecule has 11 nitrogen and oxygen atoms in total. The summed E-state index contributed by atoms with van der Waals surface area (Å²) in [6.07, 6.45) is -0.131. The van der Waals surface area contributed by atoms with Crippen LogP contribution in [0.4, 0.5) is 5.69 Å². The number of anilines is 1. The highest BCUT2D eigenvalue weighted by molar-refractivity contribution is 9.10. The van der Waals surface area contributed by atoms with Crippen LogP contribution in [0.5, 0.6) is 11.5 Å². The topological polar surface area (TPSA) is 165 Å². The molecule has 188 valence electrons. The normalized spacial score (nSPS) is 11.1. The number of ether oxygens (including phenoxy) is 3. The lowest BCUT2D eigenvalue weighted by molar-refractivity contribution is -0.143. The zero-order chi connectivity index (χ0) is 26.0. The van der Waals surface area contributed by atoms with E-state index < -0.39 is 23.8 Å². The van der Waals surface area contributed by atoms with Gasteiger partial charge in [-0.3, -0.25) is 19.8 Å². The number of carbonyl (C=O) groups excluding carboxylic acids is 3. The molecule has 2 aromatic carbocycles. The molecule has 12 heteroatoms. The molecule has 35 heavy (non-hydrogen) atoms. The van der Waals surface area contributed by atoms with Gasteiger partial charge in [0.2, 0.25) is 5.91 Å². The second-order valence-electron chi connectivity index (χ2n) is 7.17. The lowest BCUT2D eigenvalue weighted by Crippen LogP contribution is -2.39. The van der Waals surface area contributed by atoms with Gasteiger partial charge in [0.25, 0.3) is 5.91 Å². The van der Waals surface area contributed by atoms with Crippen molar-refractivity contribution in [1.29, 1.82) is 5.41 Å². The maximum absolute atomic E-state index is 12.7. The number of rotatable bonds is 11. The summed E-state index contributed by atoms with van der Waals surface area (Å²) in [5.74, 6) is -0.905. The lowest BCUT2D eigenvalue weighted by atomic mass is 10.0. The molecule has 0 saturated heterocycles. The van der Waals surface area contributed by atoms with E-state index in [0.29, 0.717) is 27.2 Å². The Kier molecular flexibility index (Phi) is 10.3. The number of halogens is 1. The van der Waals surface area contributed by atoms with Gasteiger partial charge in [-0.2, -0.15) is 0 Å². The number of methoxy groups -OCH3 is 2. The molecule has 1 unspecified atom stereocenters. The van der Waals surface area contributed by atoms with Crippen LogP contribution in [0.25, 0.3) is 0 Å². The van der Waals surface area contributed by atoms with Crippen molar-refractivity contribution in [3.8, 4) is 11.5 Å². The Balaban J connectivity index is 2.14. The van der Waals surface area contributed by atoms with Crippen LogP contribution >= 0.6 is 15.9 Å². The first-order valence-corrected chi connectivity index (χ1v) is 11.3. The molecule has 0 aromatic heterocycles. The second kappa shape index (κ2) is 13.2. The average Bonchev–Trinajstić information content (AvgIpc) is 2.81. The van der Waals surface area contributed by atoms with E-state index in [2.05, 4.69) is 31.9 Å². The van der Waals surface area contributed by atoms with E-state index >= 15 is 0 Å². The van der Waals surface area contributed by atoms with Crippen molar-refractivity contribution in [2.75, 3.05) is 32.7 Å². The van der Waals surface area contributed by atoms with Crippen LogP contribution < -0.4 is 31.2 Å². The molecule has 6 N–H and O–H groups in total. The van der Waals surface area contributed by atoms with Crippen LogP contribution in [0.3, 0.4) is 0 Å². The molecule has 0 aliphatic carbocycles. The number of carbonyl (C=O) groups is 3. The summed E-state index contributed by atoms with van der Waals surface area (Å²) in [4.78, 5) is 37.4. The fourth-order valence-electron chi connectivity index (χ4n) is 3.18. The van der Waals surface area contributed by atoms with Gasteiger partial charge in [-0.25, -0.2) is 0 Å². The third kappa shape index (κ3) is 8.18. The number of amides is 2. The van der Waals surface area contributed by atoms with Crippen LogP contribution in [0, 0.1) is 5.41 Å². The summed E-state index contributed by atoms with van der Waals surface area (Å²) in [5, 5.41) is 15.2. The molecule has 0 aliphatic rings. The van der Waals surface area contributed by atoms with E-state index in [1.807, 2.05) is 0 Å². The molecule has 0 aliphatic heterocycles. The Bertz CT molecular complexity index is 1090. The van der Waals surface area contributed by atoms with E-state index in [4.69, 9.17) is 25.4 Å². The van der Waals surface area contributed by atoms with E-state index in [1.165, 1.54) is 20.3 Å². The van der Waals surface area contributed by atoms with Crippen molar-refractivity contribution in [2.24, 2.45) is 5.73 Å². The molecule has 2 amide bonds. The molecule has 2 rings (SSSR count). The van der Waals surface area contributed by atoms with E-state index in [1.54, 1.807) is 37.3 Å². The number of esters is 1. The molecule has 0 saturated carbocycles. The summed E-state index contributed by atoms with van der Waals surface area (Å²) in [5.41, 5.74) is 6.62. The standard InChI is InChI=1S/C23H28BrN5O6/c1-4-35-20(31)11-17(14-9-16(24)21(34-3)18(10-14)33-2)29-19(30)12-27-22(32)13-6-5-7-15(8-13)28-23(25)26/h5-10,17H,4,11-12H2,1-3H3,(H,27,32)(H,29,30)(H4,25,26,28). The van der Waals surface area contributed by atoms with Crippen molar-refractivity contribution >= 4 is 45.4 Å². The smallest absolute Gasteiger partial charge is 0.308 e. The van der Waals surface area contributed by atoms with Crippen molar-refractivity contribution in [1.82, 2.24) is 10.6 Å². The molecule has 2 aromatic rings. The SMILES string of the molecule is CCOC(=O)CC(NC(=O)CNC(=O)c1cccc(NC(=N)N)c1)c1cc(Br)c(OC)c(OC)c1. The molecule has 0 spiro atoms. The third-order valence-electron chi connectivity index (χ3n) is 4.68. The molecule has 0 bridgehead atoms. The van der Waals surface area contributed by atoms with Gasteiger partial charge in [0.15, 0.2) is 17.5 Å². The first-order valence-electron chi connectivity index (χ1n) is 10.5. The molecular formula is C23H28BrN5O6. The van der Waals surface area contributed by atoms with Crippen LogP contribution in [-0.2, 0) is 14.3 Å². The third-order valence-corrected chi connectivity index (χ3v) is 5.27. The second-order valence-corrected chi connectivity index (χ2v) is 8.02. The fourth-order valence-corrected chi connectivity index (χ4v) is 3.80. The predicted octanol–water partition coefficient (Wildman–Crippen LogP) is 2.31. The van der Waals surface area contributed by atoms with E-state index in [-0.39, 0.29) is 31.1 Å². The summed E-state index contributed by atoms with van der Waals surface area (Å²) < 4.78 is 16.3. The molecular weight excluding hydrogens is 522 g/mol. The summed E-state index contributed by atoms with van der Waals surface area (Å²) >= 11 is 3.41. The number of benzene rings is 2. The van der Waals surface area contributed by atoms with Gasteiger partial charge in [-0.05, 0) is 58.7 Å². The Labute approximate surface area is 211 Å². The monoisotopic (exact) mass is 549 g/mol. The van der Waals surface area contributed by atoms with Gasteiger partial charge in [0.05, 0.1) is 44.3 Å². The molecule has 1 atom stereocenters. The largest absolute Gasteiger partial charge is 0.493 e. The van der Waals surface area contributed by atoms with Gasteiger partial charge in [-0.1, -0.05) is 6.07 Å². The van der Waals surface area contributed by atoms with Gasteiger partial charge < -0.3 is 35.9 Å². The number of hydrogen-bond donors (Lipinski definition) is 5. The van der Waals surface area contributed by atoms with Crippen molar-refractivity contribution in [2.45, 2.75) is 19.4 Å². The van der Waals surface area contributed by atoms with Crippen molar-refractivity contribution in [3.63, 3.8) is 0 Å². The Hall–Kier alpha value is -3.80. The summed E-state index contributed by atoms with van der Waals surface area (Å²) in [7, 11) is 2.97. The van der Waals surface area contributed by atoms with Crippen LogP contribution in [0.2, 0.25) is 0 Å². The van der Waals surface area contributed by atoms with Gasteiger partial charge in [0.1, 0.15) is 0 Å². The molecule has 0 fully saturated rings. The lowest BCUT2D eigenvalue weighted by Gasteiger charge is -2.21. The highest BCUT2D eigenvalue weighted by atomic mass is 79.9. The minimum atomic E-state index is -0.752. The first kappa shape index (κ1) is 27.4.